The zero-order chi connectivity index (χ0) is 21.3. The molecule has 0 aromatic heterocycles. The van der Waals surface area contributed by atoms with Crippen molar-refractivity contribution in [3.05, 3.63) is 35.9 Å². The number of carboxylic acid groups (broad SMARTS) is 1. The van der Waals surface area contributed by atoms with Gasteiger partial charge in [0.2, 0.25) is 12.0 Å². The number of benzene rings is 1. The van der Waals surface area contributed by atoms with Crippen LogP contribution in [0.3, 0.4) is 0 Å². The Hall–Kier alpha value is -2.57. The first-order chi connectivity index (χ1) is 13.2. The molecule has 0 fully saturated rings. The first kappa shape index (κ1) is 23.5. The van der Waals surface area contributed by atoms with Crippen LogP contribution >= 0.6 is 0 Å². The summed E-state index contributed by atoms with van der Waals surface area (Å²) in [7, 11) is 4.67. The van der Waals surface area contributed by atoms with Crippen molar-refractivity contribution in [2.24, 2.45) is 5.92 Å². The maximum absolute atomic E-state index is 12.4. The lowest BCUT2D eigenvalue weighted by molar-refractivity contribution is -0.148. The Morgan fingerprint density at radius 3 is 2.21 bits per heavy atom. The molecule has 0 spiro atoms. The van der Waals surface area contributed by atoms with Gasteiger partial charge in [0.1, 0.15) is 6.04 Å². The standard InChI is InChI=1S/C21H32N2O5/c1-6-17(19(24)22(3)4)23(5)21(27)28-18(20(25)26)14-15(2)12-13-16-10-8-7-9-11-16/h7-11,15,17-18H,6,12-14H2,1-5H3,(H,25,26). The lowest BCUT2D eigenvalue weighted by Gasteiger charge is -2.29. The Kier molecular flexibility index (Phi) is 9.48. The van der Waals surface area contributed by atoms with Crippen molar-refractivity contribution in [3.63, 3.8) is 0 Å². The number of carboxylic acids is 1. The normalized spacial score (nSPS) is 13.9. The fraction of sp³-hybridized carbons (Fsp3) is 0.571. The highest BCUT2D eigenvalue weighted by Crippen LogP contribution is 2.18. The predicted octanol–water partition coefficient (Wildman–Crippen LogP) is 3.03. The van der Waals surface area contributed by atoms with Crippen LogP contribution in [-0.4, -0.2) is 66.2 Å². The number of nitrogens with zero attached hydrogens (tertiary/aromatic N) is 2. The minimum absolute atomic E-state index is 0.0600. The number of ether oxygens (including phenoxy) is 1. The van der Waals surface area contributed by atoms with Crippen LogP contribution in [0.5, 0.6) is 0 Å². The van der Waals surface area contributed by atoms with Gasteiger partial charge in [-0.05, 0) is 37.2 Å². The van der Waals surface area contributed by atoms with E-state index in [0.717, 1.165) is 12.8 Å². The molecule has 1 rings (SSSR count). The molecule has 0 saturated heterocycles. The quantitative estimate of drug-likeness (QED) is 0.661. The molecule has 0 bridgehead atoms. The number of aryl methyl sites for hydroxylation is 1. The number of hydrogen-bond acceptors (Lipinski definition) is 4. The largest absolute Gasteiger partial charge is 0.479 e. The molecular weight excluding hydrogens is 360 g/mol. The molecule has 1 aromatic carbocycles. The number of carbonyl (C=O) groups excluding carboxylic acids is 2. The highest BCUT2D eigenvalue weighted by molar-refractivity contribution is 5.86. The molecule has 3 unspecified atom stereocenters. The van der Waals surface area contributed by atoms with Crippen LogP contribution in [0.15, 0.2) is 30.3 Å². The summed E-state index contributed by atoms with van der Waals surface area (Å²) >= 11 is 0. The average molecular weight is 392 g/mol. The minimum Gasteiger partial charge on any atom is -0.479 e. The summed E-state index contributed by atoms with van der Waals surface area (Å²) in [6.45, 7) is 3.73. The third-order valence-electron chi connectivity index (χ3n) is 4.77. The van der Waals surface area contributed by atoms with Crippen molar-refractivity contribution < 1.29 is 24.2 Å². The van der Waals surface area contributed by atoms with Crippen molar-refractivity contribution in [1.29, 1.82) is 0 Å². The Morgan fingerprint density at radius 1 is 1.11 bits per heavy atom. The van der Waals surface area contributed by atoms with Crippen LogP contribution in [0.25, 0.3) is 0 Å². The molecule has 28 heavy (non-hydrogen) atoms. The lowest BCUT2D eigenvalue weighted by Crippen LogP contribution is -2.48. The van der Waals surface area contributed by atoms with Gasteiger partial charge in [0.25, 0.3) is 0 Å². The first-order valence-electron chi connectivity index (χ1n) is 9.58. The second-order valence-electron chi connectivity index (χ2n) is 7.34. The van der Waals surface area contributed by atoms with Crippen molar-refractivity contribution in [2.75, 3.05) is 21.1 Å². The van der Waals surface area contributed by atoms with E-state index in [1.807, 2.05) is 37.3 Å². The van der Waals surface area contributed by atoms with Crippen molar-refractivity contribution in [2.45, 2.75) is 51.7 Å². The van der Waals surface area contributed by atoms with Crippen LogP contribution in [-0.2, 0) is 20.7 Å². The lowest BCUT2D eigenvalue weighted by atomic mass is 9.95. The first-order valence-corrected chi connectivity index (χ1v) is 9.58. The maximum Gasteiger partial charge on any atom is 0.411 e. The summed E-state index contributed by atoms with van der Waals surface area (Å²) in [5.41, 5.74) is 1.19. The summed E-state index contributed by atoms with van der Waals surface area (Å²) in [4.78, 5) is 38.8. The van der Waals surface area contributed by atoms with Crippen LogP contribution in [0.1, 0.15) is 38.7 Å². The molecule has 0 aliphatic heterocycles. The highest BCUT2D eigenvalue weighted by atomic mass is 16.6. The van der Waals surface area contributed by atoms with Gasteiger partial charge in [-0.2, -0.15) is 0 Å². The number of carbonyl (C=O) groups is 3. The van der Waals surface area contributed by atoms with Gasteiger partial charge in [-0.25, -0.2) is 9.59 Å². The van der Waals surface area contributed by atoms with E-state index in [1.165, 1.54) is 22.4 Å². The predicted molar refractivity (Wildman–Crippen MR) is 107 cm³/mol. The topological polar surface area (TPSA) is 87.2 Å². The van der Waals surface area contributed by atoms with Gasteiger partial charge in [0.15, 0.2) is 0 Å². The number of aliphatic carboxylic acids is 1. The van der Waals surface area contributed by atoms with E-state index in [9.17, 15) is 19.5 Å². The molecule has 7 heteroatoms. The SMILES string of the molecule is CCC(C(=O)N(C)C)N(C)C(=O)OC(CC(C)CCc1ccccc1)C(=O)O. The Balaban J connectivity index is 2.66. The molecule has 0 aliphatic rings. The maximum atomic E-state index is 12.4. The van der Waals surface area contributed by atoms with Gasteiger partial charge < -0.3 is 14.7 Å². The monoisotopic (exact) mass is 392 g/mol. The van der Waals surface area contributed by atoms with Crippen LogP contribution in [0.4, 0.5) is 4.79 Å². The van der Waals surface area contributed by atoms with Crippen LogP contribution in [0.2, 0.25) is 0 Å². The smallest absolute Gasteiger partial charge is 0.411 e. The van der Waals surface area contributed by atoms with E-state index in [0.29, 0.717) is 6.42 Å². The van der Waals surface area contributed by atoms with Crippen LogP contribution < -0.4 is 0 Å². The molecule has 1 N–H and O–H groups in total. The number of hydrogen-bond donors (Lipinski definition) is 1. The van der Waals surface area contributed by atoms with Gasteiger partial charge in [-0.1, -0.05) is 44.2 Å². The molecule has 7 nitrogen and oxygen atoms in total. The minimum atomic E-state index is -1.24. The summed E-state index contributed by atoms with van der Waals surface area (Å²) < 4.78 is 5.23. The number of rotatable bonds is 10. The summed E-state index contributed by atoms with van der Waals surface area (Å²) in [6, 6.07) is 9.26. The van der Waals surface area contributed by atoms with E-state index in [4.69, 9.17) is 4.74 Å². The third-order valence-corrected chi connectivity index (χ3v) is 4.77. The average Bonchev–Trinajstić information content (AvgIpc) is 2.66. The van der Waals surface area contributed by atoms with Gasteiger partial charge in [-0.15, -0.1) is 0 Å². The summed E-state index contributed by atoms with van der Waals surface area (Å²) in [5.74, 6) is -1.35. The number of amides is 2. The van der Waals surface area contributed by atoms with Gasteiger partial charge >= 0.3 is 12.1 Å². The van der Waals surface area contributed by atoms with E-state index < -0.39 is 24.2 Å². The van der Waals surface area contributed by atoms with E-state index >= 15 is 0 Å². The fourth-order valence-corrected chi connectivity index (χ4v) is 2.98. The van der Waals surface area contributed by atoms with E-state index in [1.54, 1.807) is 21.0 Å². The van der Waals surface area contributed by atoms with Gasteiger partial charge in [-0.3, -0.25) is 9.69 Å². The molecule has 3 atom stereocenters. The second kappa shape index (κ2) is 11.3. The third kappa shape index (κ3) is 7.21. The molecule has 2 amide bonds. The molecule has 1 aromatic rings. The Morgan fingerprint density at radius 2 is 1.71 bits per heavy atom. The fourth-order valence-electron chi connectivity index (χ4n) is 2.98. The molecule has 156 valence electrons. The molecule has 0 saturated carbocycles. The van der Waals surface area contributed by atoms with Gasteiger partial charge in [0.05, 0.1) is 0 Å². The second-order valence-corrected chi connectivity index (χ2v) is 7.34. The van der Waals surface area contributed by atoms with Gasteiger partial charge in [0, 0.05) is 21.1 Å². The molecule has 0 radical (unpaired) electrons. The molecular formula is C21H32N2O5. The zero-order valence-electron chi connectivity index (χ0n) is 17.4. The highest BCUT2D eigenvalue weighted by Gasteiger charge is 2.31. The van der Waals surface area contributed by atoms with Crippen molar-refractivity contribution >= 4 is 18.0 Å². The van der Waals surface area contributed by atoms with E-state index in [2.05, 4.69) is 0 Å². The Labute approximate surface area is 167 Å². The van der Waals surface area contributed by atoms with Crippen molar-refractivity contribution in [3.8, 4) is 0 Å². The van der Waals surface area contributed by atoms with E-state index in [-0.39, 0.29) is 18.2 Å². The molecule has 0 heterocycles. The molecule has 0 aliphatic carbocycles. The Bertz CT molecular complexity index is 647. The van der Waals surface area contributed by atoms with Crippen molar-refractivity contribution in [1.82, 2.24) is 9.80 Å². The number of likely N-dealkylation sites (N-methyl/N-ethyl adjacent to an activating group) is 2. The summed E-state index contributed by atoms with van der Waals surface area (Å²) in [6.07, 6.45) is 0.209. The van der Waals surface area contributed by atoms with Crippen LogP contribution in [0, 0.1) is 5.92 Å². The summed E-state index contributed by atoms with van der Waals surface area (Å²) in [5, 5.41) is 9.46. The zero-order valence-corrected chi connectivity index (χ0v) is 17.4.